The molecule has 0 radical (unpaired) electrons. The zero-order valence-electron chi connectivity index (χ0n) is 8.66. The van der Waals surface area contributed by atoms with Gasteiger partial charge in [0.05, 0.1) is 11.3 Å². The number of hydrogen-bond acceptors (Lipinski definition) is 3. The smallest absolute Gasteiger partial charge is 0.260 e. The van der Waals surface area contributed by atoms with E-state index in [-0.39, 0.29) is 11.4 Å². The molecule has 0 aliphatic carbocycles. The molecule has 0 aromatic carbocycles. The molecule has 0 fully saturated rings. The monoisotopic (exact) mass is 265 g/mol. The minimum atomic E-state index is -0.142. The van der Waals surface area contributed by atoms with Gasteiger partial charge in [-0.25, -0.2) is 4.98 Å². The highest BCUT2D eigenvalue weighted by atomic mass is 35.5. The van der Waals surface area contributed by atoms with Crippen LogP contribution in [0.4, 0.5) is 0 Å². The topological polar surface area (TPSA) is 61.5 Å². The molecule has 0 aliphatic heterocycles. The first kappa shape index (κ1) is 10.6. The van der Waals surface area contributed by atoms with Crippen LogP contribution in [-0.4, -0.2) is 15.0 Å². The molecule has 0 aliphatic rings. The standard InChI is InChI=1S/C11H8ClN3OS/c12-4-8-14-10(16)9-6(5-17-11(9)15-8)7-2-1-3-13-7/h1-3,5,13H,4H2,(H,14,15,16). The Labute approximate surface area is 105 Å². The third-order valence-corrected chi connectivity index (χ3v) is 3.63. The van der Waals surface area contributed by atoms with Crippen LogP contribution in [0.5, 0.6) is 0 Å². The van der Waals surface area contributed by atoms with Crippen molar-refractivity contribution in [1.82, 2.24) is 15.0 Å². The van der Waals surface area contributed by atoms with Crippen LogP contribution in [0.2, 0.25) is 0 Å². The molecule has 4 nitrogen and oxygen atoms in total. The first-order chi connectivity index (χ1) is 8.29. The second kappa shape index (κ2) is 4.01. The molecule has 0 spiro atoms. The molecule has 0 unspecified atom stereocenters. The SMILES string of the molecule is O=c1[nH]c(CCl)nc2scc(-c3ccc[nH]3)c12. The van der Waals surface area contributed by atoms with Gasteiger partial charge in [0.15, 0.2) is 0 Å². The summed E-state index contributed by atoms with van der Waals surface area (Å²) in [5.41, 5.74) is 1.66. The fourth-order valence-corrected chi connectivity index (χ4v) is 2.84. The number of H-pyrrole nitrogens is 2. The zero-order valence-corrected chi connectivity index (χ0v) is 10.2. The van der Waals surface area contributed by atoms with Crippen LogP contribution in [-0.2, 0) is 5.88 Å². The number of fused-ring (bicyclic) bond motifs is 1. The van der Waals surface area contributed by atoms with Gasteiger partial charge in [0.2, 0.25) is 0 Å². The molecule has 0 atom stereocenters. The Balaban J connectivity index is 2.33. The number of halogens is 1. The lowest BCUT2D eigenvalue weighted by Gasteiger charge is -1.97. The molecule has 3 aromatic rings. The number of thiophene rings is 1. The van der Waals surface area contributed by atoms with Crippen molar-refractivity contribution in [2.75, 3.05) is 0 Å². The lowest BCUT2D eigenvalue weighted by atomic mass is 10.2. The Kier molecular flexibility index (Phi) is 2.49. The Hall–Kier alpha value is -1.59. The fraction of sp³-hybridized carbons (Fsp3) is 0.0909. The van der Waals surface area contributed by atoms with Crippen molar-refractivity contribution in [2.45, 2.75) is 5.88 Å². The molecule has 0 saturated heterocycles. The lowest BCUT2D eigenvalue weighted by molar-refractivity contribution is 1.04. The number of alkyl halides is 1. The predicted molar refractivity (Wildman–Crippen MR) is 69.6 cm³/mol. The van der Waals surface area contributed by atoms with Crippen LogP contribution in [0.25, 0.3) is 21.5 Å². The average molecular weight is 266 g/mol. The van der Waals surface area contributed by atoms with E-state index in [1.807, 2.05) is 23.7 Å². The second-order valence-corrected chi connectivity index (χ2v) is 4.68. The van der Waals surface area contributed by atoms with Gasteiger partial charge in [0.25, 0.3) is 5.56 Å². The van der Waals surface area contributed by atoms with Crippen molar-refractivity contribution in [3.63, 3.8) is 0 Å². The van der Waals surface area contributed by atoms with Crippen molar-refractivity contribution >= 4 is 33.2 Å². The van der Waals surface area contributed by atoms with Crippen molar-refractivity contribution in [1.29, 1.82) is 0 Å². The molecule has 3 rings (SSSR count). The second-order valence-electron chi connectivity index (χ2n) is 3.56. The van der Waals surface area contributed by atoms with Gasteiger partial charge in [-0.15, -0.1) is 22.9 Å². The number of nitrogens with one attached hydrogen (secondary N) is 2. The quantitative estimate of drug-likeness (QED) is 0.700. The van der Waals surface area contributed by atoms with Crippen LogP contribution in [0.3, 0.4) is 0 Å². The average Bonchev–Trinajstić information content (AvgIpc) is 2.96. The first-order valence-electron chi connectivity index (χ1n) is 4.99. The van der Waals surface area contributed by atoms with Gasteiger partial charge in [-0.1, -0.05) is 0 Å². The van der Waals surface area contributed by atoms with Gasteiger partial charge >= 0.3 is 0 Å². The van der Waals surface area contributed by atoms with E-state index >= 15 is 0 Å². The van der Waals surface area contributed by atoms with E-state index in [1.165, 1.54) is 11.3 Å². The summed E-state index contributed by atoms with van der Waals surface area (Å²) in [5.74, 6) is 0.713. The van der Waals surface area contributed by atoms with E-state index in [1.54, 1.807) is 0 Å². The number of aromatic nitrogens is 3. The maximum Gasteiger partial charge on any atom is 0.260 e. The number of nitrogens with zero attached hydrogens (tertiary/aromatic N) is 1. The highest BCUT2D eigenvalue weighted by molar-refractivity contribution is 7.17. The summed E-state index contributed by atoms with van der Waals surface area (Å²) in [6.45, 7) is 0. The van der Waals surface area contributed by atoms with E-state index in [4.69, 9.17) is 11.6 Å². The molecule has 6 heteroatoms. The number of hydrogen-bond donors (Lipinski definition) is 2. The van der Waals surface area contributed by atoms with Crippen molar-refractivity contribution in [3.8, 4) is 11.3 Å². The van der Waals surface area contributed by atoms with Crippen LogP contribution in [0.15, 0.2) is 28.5 Å². The van der Waals surface area contributed by atoms with Gasteiger partial charge in [0, 0.05) is 22.8 Å². The molecule has 0 saturated carbocycles. The Morgan fingerprint density at radius 1 is 1.47 bits per heavy atom. The summed E-state index contributed by atoms with van der Waals surface area (Å²) < 4.78 is 0. The Morgan fingerprint density at radius 2 is 2.35 bits per heavy atom. The predicted octanol–water partition coefficient (Wildman–Crippen LogP) is 2.72. The van der Waals surface area contributed by atoms with Crippen molar-refractivity contribution in [3.05, 3.63) is 39.9 Å². The molecule has 17 heavy (non-hydrogen) atoms. The zero-order chi connectivity index (χ0) is 11.8. The van der Waals surface area contributed by atoms with Crippen LogP contribution in [0, 0.1) is 0 Å². The molecule has 3 aromatic heterocycles. The fourth-order valence-electron chi connectivity index (χ4n) is 1.75. The summed E-state index contributed by atoms with van der Waals surface area (Å²) >= 11 is 7.12. The maximum atomic E-state index is 12.0. The Bertz CT molecular complexity index is 714. The molecule has 0 bridgehead atoms. The maximum absolute atomic E-state index is 12.0. The van der Waals surface area contributed by atoms with Gasteiger partial charge in [-0.3, -0.25) is 4.79 Å². The third kappa shape index (κ3) is 1.67. The van der Waals surface area contributed by atoms with Crippen LogP contribution >= 0.6 is 22.9 Å². The minimum absolute atomic E-state index is 0.142. The summed E-state index contributed by atoms with van der Waals surface area (Å²) in [5, 5.41) is 2.54. The third-order valence-electron chi connectivity index (χ3n) is 2.51. The van der Waals surface area contributed by atoms with Crippen LogP contribution in [0.1, 0.15) is 5.82 Å². The van der Waals surface area contributed by atoms with Crippen molar-refractivity contribution < 1.29 is 0 Å². The van der Waals surface area contributed by atoms with Crippen LogP contribution < -0.4 is 5.56 Å². The van der Waals surface area contributed by atoms with Gasteiger partial charge in [0.1, 0.15) is 10.7 Å². The Morgan fingerprint density at radius 3 is 3.06 bits per heavy atom. The lowest BCUT2D eigenvalue weighted by Crippen LogP contribution is -2.10. The first-order valence-corrected chi connectivity index (χ1v) is 6.41. The molecule has 2 N–H and O–H groups in total. The summed E-state index contributed by atoms with van der Waals surface area (Å²) in [6, 6.07) is 3.82. The van der Waals surface area contributed by atoms with E-state index in [2.05, 4.69) is 15.0 Å². The number of rotatable bonds is 2. The highest BCUT2D eigenvalue weighted by Gasteiger charge is 2.12. The largest absolute Gasteiger partial charge is 0.361 e. The van der Waals surface area contributed by atoms with E-state index < -0.39 is 0 Å². The molecule has 3 heterocycles. The summed E-state index contributed by atoms with van der Waals surface area (Å²) in [7, 11) is 0. The van der Waals surface area contributed by atoms with E-state index in [0.717, 1.165) is 11.3 Å². The highest BCUT2D eigenvalue weighted by Crippen LogP contribution is 2.29. The molecular weight excluding hydrogens is 258 g/mol. The molecule has 86 valence electrons. The molecular formula is C11H8ClN3OS. The van der Waals surface area contributed by atoms with Gasteiger partial charge in [-0.05, 0) is 12.1 Å². The number of aromatic amines is 2. The van der Waals surface area contributed by atoms with Crippen molar-refractivity contribution in [2.24, 2.45) is 0 Å². The molecule has 0 amide bonds. The normalized spacial score (nSPS) is 11.1. The summed E-state index contributed by atoms with van der Waals surface area (Å²) in [6.07, 6.45) is 1.83. The van der Waals surface area contributed by atoms with Gasteiger partial charge in [-0.2, -0.15) is 0 Å². The van der Waals surface area contributed by atoms with E-state index in [0.29, 0.717) is 16.0 Å². The van der Waals surface area contributed by atoms with Gasteiger partial charge < -0.3 is 9.97 Å². The minimum Gasteiger partial charge on any atom is -0.361 e. The summed E-state index contributed by atoms with van der Waals surface area (Å²) in [4.78, 5) is 22.8. The van der Waals surface area contributed by atoms with E-state index in [9.17, 15) is 4.79 Å².